The van der Waals surface area contributed by atoms with E-state index in [9.17, 15) is 0 Å². The van der Waals surface area contributed by atoms with Gasteiger partial charge in [-0.05, 0) is 71.8 Å². The molecule has 9 rings (SSSR count). The number of anilines is 3. The van der Waals surface area contributed by atoms with Gasteiger partial charge in [0.2, 0.25) is 0 Å². The molecule has 0 bridgehead atoms. The molecule has 202 valence electrons. The van der Waals surface area contributed by atoms with Gasteiger partial charge in [0, 0.05) is 63.3 Å². The first-order valence-electron chi connectivity index (χ1n) is 14.4. The second kappa shape index (κ2) is 9.77. The Hall–Kier alpha value is -5.03. The minimum atomic E-state index is 1.02. The number of hydrogen-bond donors (Lipinski definition) is 0. The number of aromatic nitrogens is 1. The van der Waals surface area contributed by atoms with Gasteiger partial charge in [0.15, 0.2) is 0 Å². The van der Waals surface area contributed by atoms with E-state index in [0.717, 1.165) is 16.9 Å². The lowest BCUT2D eigenvalue weighted by Gasteiger charge is -2.27. The van der Waals surface area contributed by atoms with Crippen LogP contribution in [0.2, 0.25) is 0 Å². The molecule has 43 heavy (non-hydrogen) atoms. The Labute approximate surface area is 256 Å². The van der Waals surface area contributed by atoms with Gasteiger partial charge in [-0.25, -0.2) is 0 Å². The summed E-state index contributed by atoms with van der Waals surface area (Å²) in [5.74, 6) is 0. The van der Waals surface area contributed by atoms with E-state index in [0.29, 0.717) is 0 Å². The minimum Gasteiger partial charge on any atom is -0.310 e. The average Bonchev–Trinajstić information content (AvgIpc) is 3.62. The number of fused-ring (bicyclic) bond motifs is 7. The van der Waals surface area contributed by atoms with Gasteiger partial charge >= 0.3 is 0 Å². The normalized spacial score (nSPS) is 11.7. The van der Waals surface area contributed by atoms with Gasteiger partial charge in [0.25, 0.3) is 0 Å². The van der Waals surface area contributed by atoms with Crippen molar-refractivity contribution in [3.05, 3.63) is 146 Å². The molecule has 0 radical (unpaired) electrons. The molecule has 3 aromatic heterocycles. The highest BCUT2D eigenvalue weighted by atomic mass is 32.1. The predicted molar refractivity (Wildman–Crippen MR) is 188 cm³/mol. The molecule has 9 aromatic rings. The number of hydrogen-bond acceptors (Lipinski definition) is 4. The molecule has 0 aliphatic rings. The van der Waals surface area contributed by atoms with Crippen LogP contribution < -0.4 is 4.90 Å². The average molecular weight is 585 g/mol. The van der Waals surface area contributed by atoms with Crippen LogP contribution in [0.25, 0.3) is 62.4 Å². The van der Waals surface area contributed by atoms with Crippen molar-refractivity contribution >= 4 is 91.0 Å². The minimum absolute atomic E-state index is 1.02. The molecule has 4 heteroatoms. The van der Waals surface area contributed by atoms with Gasteiger partial charge in [-0.2, -0.15) is 0 Å². The van der Waals surface area contributed by atoms with Gasteiger partial charge < -0.3 is 4.90 Å². The molecule has 0 fully saturated rings. The van der Waals surface area contributed by atoms with Crippen molar-refractivity contribution in [3.63, 3.8) is 0 Å². The Balaban J connectivity index is 1.30. The van der Waals surface area contributed by atoms with Crippen molar-refractivity contribution in [3.8, 4) is 11.1 Å². The highest BCUT2D eigenvalue weighted by Crippen LogP contribution is 2.47. The van der Waals surface area contributed by atoms with Crippen LogP contribution in [0.1, 0.15) is 0 Å². The highest BCUT2D eigenvalue weighted by Gasteiger charge is 2.20. The largest absolute Gasteiger partial charge is 0.310 e. The Morgan fingerprint density at radius 3 is 2.09 bits per heavy atom. The standard InChI is InChI=1S/C39H24N2S2/c1-2-8-25(9-3-1)26-15-17-28(18-16-26)41(29-19-20-31-30-11-4-5-13-35(30)42-38(31)23-29)34-12-6-14-36-39(34)32-24-33-27(10-7-21-40-33)22-37(32)43-36/h1-24H. The summed E-state index contributed by atoms with van der Waals surface area (Å²) in [7, 11) is 0. The first-order chi connectivity index (χ1) is 21.3. The smallest absolute Gasteiger partial charge is 0.0709 e. The zero-order chi connectivity index (χ0) is 28.3. The predicted octanol–water partition coefficient (Wildman–Crippen LogP) is 12.1. The zero-order valence-electron chi connectivity index (χ0n) is 23.1. The first kappa shape index (κ1) is 24.6. The lowest BCUT2D eigenvalue weighted by molar-refractivity contribution is 1.31. The highest BCUT2D eigenvalue weighted by molar-refractivity contribution is 7.26. The maximum Gasteiger partial charge on any atom is 0.0709 e. The van der Waals surface area contributed by atoms with E-state index in [1.54, 1.807) is 0 Å². The van der Waals surface area contributed by atoms with Gasteiger partial charge in [-0.15, -0.1) is 22.7 Å². The number of nitrogens with zero attached hydrogens (tertiary/aromatic N) is 2. The van der Waals surface area contributed by atoms with Crippen molar-refractivity contribution in [2.24, 2.45) is 0 Å². The topological polar surface area (TPSA) is 16.1 Å². The summed E-state index contributed by atoms with van der Waals surface area (Å²) in [6, 6.07) is 50.6. The van der Waals surface area contributed by atoms with Crippen molar-refractivity contribution in [1.82, 2.24) is 4.98 Å². The molecule has 0 aliphatic heterocycles. The molecule has 0 unspecified atom stereocenters. The zero-order valence-corrected chi connectivity index (χ0v) is 24.7. The van der Waals surface area contributed by atoms with Gasteiger partial charge in [-0.1, -0.05) is 78.9 Å². The molecule has 0 aliphatic carbocycles. The fraction of sp³-hybridized carbons (Fsp3) is 0. The van der Waals surface area contributed by atoms with Crippen molar-refractivity contribution in [1.29, 1.82) is 0 Å². The Bertz CT molecular complexity index is 2450. The van der Waals surface area contributed by atoms with E-state index in [-0.39, 0.29) is 0 Å². The fourth-order valence-electron chi connectivity index (χ4n) is 6.27. The van der Waals surface area contributed by atoms with E-state index >= 15 is 0 Å². The van der Waals surface area contributed by atoms with Crippen LogP contribution in [-0.4, -0.2) is 4.98 Å². The summed E-state index contributed by atoms with van der Waals surface area (Å²) < 4.78 is 5.17. The van der Waals surface area contributed by atoms with E-state index in [1.807, 2.05) is 34.9 Å². The third kappa shape index (κ3) is 4.03. The van der Waals surface area contributed by atoms with Gasteiger partial charge in [0.05, 0.1) is 11.2 Å². The van der Waals surface area contributed by atoms with Crippen LogP contribution >= 0.6 is 22.7 Å². The Morgan fingerprint density at radius 1 is 0.465 bits per heavy atom. The molecular formula is C39H24N2S2. The molecule has 0 amide bonds. The van der Waals surface area contributed by atoms with Crippen LogP contribution in [-0.2, 0) is 0 Å². The summed E-state index contributed by atoms with van der Waals surface area (Å²) in [5, 5.41) is 6.31. The molecule has 0 saturated carbocycles. The van der Waals surface area contributed by atoms with E-state index in [4.69, 9.17) is 4.98 Å². The van der Waals surface area contributed by atoms with E-state index < -0.39 is 0 Å². The maximum atomic E-state index is 4.69. The molecule has 0 N–H and O–H groups in total. The maximum absolute atomic E-state index is 4.69. The number of rotatable bonds is 4. The second-order valence-corrected chi connectivity index (χ2v) is 13.0. The third-order valence-corrected chi connectivity index (χ3v) is 10.5. The van der Waals surface area contributed by atoms with Gasteiger partial charge in [0.1, 0.15) is 0 Å². The molecule has 0 saturated heterocycles. The SMILES string of the molecule is c1ccc(-c2ccc(N(c3ccc4c(c3)sc3ccccc34)c3cccc4sc5cc6cccnc6cc5c34)cc2)cc1. The summed E-state index contributed by atoms with van der Waals surface area (Å²) in [6.45, 7) is 0. The molecule has 0 spiro atoms. The van der Waals surface area contributed by atoms with E-state index in [2.05, 4.69) is 138 Å². The molecular weight excluding hydrogens is 561 g/mol. The lowest BCUT2D eigenvalue weighted by Crippen LogP contribution is -2.10. The molecule has 2 nitrogen and oxygen atoms in total. The quantitative estimate of drug-likeness (QED) is 0.205. The van der Waals surface area contributed by atoms with Gasteiger partial charge in [-0.3, -0.25) is 4.98 Å². The summed E-state index contributed by atoms with van der Waals surface area (Å²) >= 11 is 3.71. The first-order valence-corrected chi connectivity index (χ1v) is 16.0. The summed E-state index contributed by atoms with van der Waals surface area (Å²) in [4.78, 5) is 7.12. The number of pyridine rings is 1. The number of benzene rings is 6. The van der Waals surface area contributed by atoms with Crippen LogP contribution in [0.5, 0.6) is 0 Å². The lowest BCUT2D eigenvalue weighted by atomic mass is 10.0. The fourth-order valence-corrected chi connectivity index (χ4v) is 8.57. The van der Waals surface area contributed by atoms with Crippen LogP contribution in [0, 0.1) is 0 Å². The van der Waals surface area contributed by atoms with Crippen LogP contribution in [0.4, 0.5) is 17.1 Å². The van der Waals surface area contributed by atoms with Crippen molar-refractivity contribution in [2.75, 3.05) is 4.90 Å². The summed E-state index contributed by atoms with van der Waals surface area (Å²) in [6.07, 6.45) is 1.88. The number of thiophene rings is 2. The third-order valence-electron chi connectivity index (χ3n) is 8.29. The van der Waals surface area contributed by atoms with Crippen molar-refractivity contribution < 1.29 is 0 Å². The molecule has 0 atom stereocenters. The molecule has 6 aromatic carbocycles. The molecule has 3 heterocycles. The van der Waals surface area contributed by atoms with Crippen molar-refractivity contribution in [2.45, 2.75) is 0 Å². The van der Waals surface area contributed by atoms with Crippen LogP contribution in [0.3, 0.4) is 0 Å². The second-order valence-electron chi connectivity index (χ2n) is 10.8. The summed E-state index contributed by atoms with van der Waals surface area (Å²) in [5.41, 5.74) is 6.91. The Morgan fingerprint density at radius 2 is 1.19 bits per heavy atom. The Kier molecular flexibility index (Phi) is 5.58. The van der Waals surface area contributed by atoms with Crippen LogP contribution in [0.15, 0.2) is 146 Å². The van der Waals surface area contributed by atoms with E-state index in [1.165, 1.54) is 62.5 Å². The monoisotopic (exact) mass is 584 g/mol.